The van der Waals surface area contributed by atoms with Crippen molar-refractivity contribution in [3.05, 3.63) is 41.4 Å². The van der Waals surface area contributed by atoms with Crippen LogP contribution >= 0.6 is 11.6 Å². The molecule has 0 saturated carbocycles. The van der Waals surface area contributed by atoms with E-state index in [1.165, 1.54) is 0 Å². The van der Waals surface area contributed by atoms with Crippen molar-refractivity contribution in [2.75, 3.05) is 6.54 Å². The molecule has 0 fully saturated rings. The second kappa shape index (κ2) is 4.29. The molecule has 0 bridgehead atoms. The predicted octanol–water partition coefficient (Wildman–Crippen LogP) is 2.70. The summed E-state index contributed by atoms with van der Waals surface area (Å²) in [6, 6.07) is 7.66. The second-order valence-electron chi connectivity index (χ2n) is 2.65. The van der Waals surface area contributed by atoms with Gasteiger partial charge in [-0.15, -0.1) is 0 Å². The van der Waals surface area contributed by atoms with Crippen LogP contribution in [0.5, 0.6) is 0 Å². The number of nitrogens with two attached hydrogens (primary N) is 1. The van der Waals surface area contributed by atoms with Gasteiger partial charge in [-0.1, -0.05) is 30.3 Å². The topological polar surface area (TPSA) is 26.0 Å². The van der Waals surface area contributed by atoms with Crippen molar-refractivity contribution in [2.24, 2.45) is 5.73 Å². The van der Waals surface area contributed by atoms with E-state index in [1.54, 1.807) is 0 Å². The first-order valence-corrected chi connectivity index (χ1v) is 4.25. The van der Waals surface area contributed by atoms with E-state index < -0.39 is 0 Å². The average molecular weight is 182 g/mol. The number of hydrogen-bond acceptors (Lipinski definition) is 1. The standard InChI is InChI=1S/C10H12ClN/c1-8(5-6-12)9-3-2-4-10(11)7-9/h2-4,7H,1,5-6,12H2. The normalized spacial score (nSPS) is 9.83. The predicted molar refractivity (Wildman–Crippen MR) is 54.2 cm³/mol. The summed E-state index contributed by atoms with van der Waals surface area (Å²) in [4.78, 5) is 0. The molecule has 12 heavy (non-hydrogen) atoms. The van der Waals surface area contributed by atoms with Crippen LogP contribution in [0.1, 0.15) is 12.0 Å². The maximum Gasteiger partial charge on any atom is 0.0412 e. The summed E-state index contributed by atoms with van der Waals surface area (Å²) in [6.07, 6.45) is 0.820. The molecule has 0 aliphatic heterocycles. The van der Waals surface area contributed by atoms with E-state index in [-0.39, 0.29) is 0 Å². The third-order valence-electron chi connectivity index (χ3n) is 1.68. The summed E-state index contributed by atoms with van der Waals surface area (Å²) in [5, 5.41) is 0.741. The third kappa shape index (κ3) is 2.36. The molecular weight excluding hydrogens is 170 g/mol. The zero-order valence-electron chi connectivity index (χ0n) is 6.89. The van der Waals surface area contributed by atoms with E-state index in [0.29, 0.717) is 6.54 Å². The minimum Gasteiger partial charge on any atom is -0.330 e. The molecule has 0 radical (unpaired) electrons. The van der Waals surface area contributed by atoms with Gasteiger partial charge < -0.3 is 5.73 Å². The molecule has 2 heteroatoms. The SMILES string of the molecule is C=C(CCN)c1cccc(Cl)c1. The van der Waals surface area contributed by atoms with Crippen LogP contribution in [0.2, 0.25) is 5.02 Å². The van der Waals surface area contributed by atoms with Crippen molar-refractivity contribution in [1.29, 1.82) is 0 Å². The number of benzene rings is 1. The Labute approximate surface area is 77.8 Å². The van der Waals surface area contributed by atoms with Crippen molar-refractivity contribution in [3.8, 4) is 0 Å². The van der Waals surface area contributed by atoms with Crippen LogP contribution < -0.4 is 5.73 Å². The Hall–Kier alpha value is -0.790. The highest BCUT2D eigenvalue weighted by Gasteiger charge is 1.97. The van der Waals surface area contributed by atoms with Gasteiger partial charge in [0.05, 0.1) is 0 Å². The summed E-state index contributed by atoms with van der Waals surface area (Å²) in [5.41, 5.74) is 7.53. The molecule has 0 spiro atoms. The Balaban J connectivity index is 2.81. The van der Waals surface area contributed by atoms with Crippen LogP contribution in [0.3, 0.4) is 0 Å². The lowest BCUT2D eigenvalue weighted by Crippen LogP contribution is -1.99. The first-order chi connectivity index (χ1) is 5.74. The highest BCUT2D eigenvalue weighted by atomic mass is 35.5. The summed E-state index contributed by atoms with van der Waals surface area (Å²) >= 11 is 5.82. The quantitative estimate of drug-likeness (QED) is 0.763. The van der Waals surface area contributed by atoms with Gasteiger partial charge in [0, 0.05) is 5.02 Å². The van der Waals surface area contributed by atoms with E-state index in [0.717, 1.165) is 22.6 Å². The molecule has 0 atom stereocenters. The molecule has 0 saturated heterocycles. The van der Waals surface area contributed by atoms with E-state index in [9.17, 15) is 0 Å². The minimum absolute atomic E-state index is 0.630. The Morgan fingerprint density at radius 2 is 2.25 bits per heavy atom. The van der Waals surface area contributed by atoms with Gasteiger partial charge in [0.1, 0.15) is 0 Å². The fourth-order valence-corrected chi connectivity index (χ4v) is 1.22. The summed E-state index contributed by atoms with van der Waals surface area (Å²) < 4.78 is 0. The largest absolute Gasteiger partial charge is 0.330 e. The smallest absolute Gasteiger partial charge is 0.0412 e. The molecule has 0 aliphatic rings. The van der Waals surface area contributed by atoms with Crippen LogP contribution in [0.25, 0.3) is 5.57 Å². The number of rotatable bonds is 3. The lowest BCUT2D eigenvalue weighted by Gasteiger charge is -2.03. The third-order valence-corrected chi connectivity index (χ3v) is 1.91. The van der Waals surface area contributed by atoms with Gasteiger partial charge in [-0.05, 0) is 36.2 Å². The van der Waals surface area contributed by atoms with Crippen molar-refractivity contribution in [1.82, 2.24) is 0 Å². The lowest BCUT2D eigenvalue weighted by atomic mass is 10.1. The zero-order valence-corrected chi connectivity index (χ0v) is 7.64. The molecule has 64 valence electrons. The Kier molecular flexibility index (Phi) is 3.32. The summed E-state index contributed by atoms with van der Waals surface area (Å²) in [7, 11) is 0. The van der Waals surface area contributed by atoms with E-state index in [2.05, 4.69) is 6.58 Å². The van der Waals surface area contributed by atoms with Crippen LogP contribution in [-0.4, -0.2) is 6.54 Å². The maximum atomic E-state index is 5.82. The first-order valence-electron chi connectivity index (χ1n) is 3.88. The lowest BCUT2D eigenvalue weighted by molar-refractivity contribution is 1.02. The maximum absolute atomic E-state index is 5.82. The van der Waals surface area contributed by atoms with Gasteiger partial charge in [0.25, 0.3) is 0 Å². The Morgan fingerprint density at radius 3 is 2.83 bits per heavy atom. The molecular formula is C10H12ClN. The monoisotopic (exact) mass is 181 g/mol. The summed E-state index contributed by atoms with van der Waals surface area (Å²) in [6.45, 7) is 4.55. The fourth-order valence-electron chi connectivity index (χ4n) is 1.03. The second-order valence-corrected chi connectivity index (χ2v) is 3.09. The Bertz CT molecular complexity index is 281. The van der Waals surface area contributed by atoms with Crippen LogP contribution in [0.4, 0.5) is 0 Å². The highest BCUT2D eigenvalue weighted by molar-refractivity contribution is 6.30. The molecule has 0 aromatic heterocycles. The number of halogens is 1. The van der Waals surface area contributed by atoms with E-state index >= 15 is 0 Å². The van der Waals surface area contributed by atoms with Crippen molar-refractivity contribution >= 4 is 17.2 Å². The molecule has 1 rings (SSSR count). The van der Waals surface area contributed by atoms with E-state index in [1.807, 2.05) is 24.3 Å². The molecule has 0 unspecified atom stereocenters. The molecule has 1 nitrogen and oxygen atoms in total. The van der Waals surface area contributed by atoms with Gasteiger partial charge in [0.2, 0.25) is 0 Å². The van der Waals surface area contributed by atoms with Crippen LogP contribution in [-0.2, 0) is 0 Å². The molecule has 0 amide bonds. The van der Waals surface area contributed by atoms with E-state index in [4.69, 9.17) is 17.3 Å². The Morgan fingerprint density at radius 1 is 1.50 bits per heavy atom. The molecule has 1 aromatic carbocycles. The van der Waals surface area contributed by atoms with Gasteiger partial charge in [-0.3, -0.25) is 0 Å². The number of hydrogen-bond donors (Lipinski definition) is 1. The van der Waals surface area contributed by atoms with Crippen LogP contribution in [0.15, 0.2) is 30.8 Å². The van der Waals surface area contributed by atoms with Gasteiger partial charge in [0.15, 0.2) is 0 Å². The zero-order chi connectivity index (χ0) is 8.97. The molecule has 2 N–H and O–H groups in total. The van der Waals surface area contributed by atoms with Gasteiger partial charge in [-0.2, -0.15) is 0 Å². The average Bonchev–Trinajstić information content (AvgIpc) is 2.05. The first kappa shape index (κ1) is 9.30. The van der Waals surface area contributed by atoms with Crippen LogP contribution in [0, 0.1) is 0 Å². The fraction of sp³-hybridized carbons (Fsp3) is 0.200. The minimum atomic E-state index is 0.630. The van der Waals surface area contributed by atoms with Crippen molar-refractivity contribution in [3.63, 3.8) is 0 Å². The summed E-state index contributed by atoms with van der Waals surface area (Å²) in [5.74, 6) is 0. The van der Waals surface area contributed by atoms with Gasteiger partial charge in [-0.25, -0.2) is 0 Å². The molecule has 1 aromatic rings. The molecule has 0 aliphatic carbocycles. The molecule has 0 heterocycles. The highest BCUT2D eigenvalue weighted by Crippen LogP contribution is 2.18. The van der Waals surface area contributed by atoms with Crippen molar-refractivity contribution in [2.45, 2.75) is 6.42 Å². The van der Waals surface area contributed by atoms with Crippen molar-refractivity contribution < 1.29 is 0 Å². The van der Waals surface area contributed by atoms with Gasteiger partial charge >= 0.3 is 0 Å².